The van der Waals surface area contributed by atoms with Crippen molar-refractivity contribution in [3.8, 4) is 11.4 Å². The predicted octanol–water partition coefficient (Wildman–Crippen LogP) is 3.84. The molecule has 2 aromatic rings. The van der Waals surface area contributed by atoms with Crippen molar-refractivity contribution in [1.82, 2.24) is 15.5 Å². The van der Waals surface area contributed by atoms with Crippen molar-refractivity contribution in [3.63, 3.8) is 0 Å². The molecule has 0 fully saturated rings. The number of hydrogen-bond donors (Lipinski definition) is 1. The molecule has 6 heteroatoms. The summed E-state index contributed by atoms with van der Waals surface area (Å²) in [5.41, 5.74) is 2.37. The van der Waals surface area contributed by atoms with Crippen molar-refractivity contribution in [2.75, 3.05) is 12.3 Å². The average Bonchev–Trinajstić information content (AvgIpc) is 3.11. The maximum atomic E-state index is 11.9. The maximum absolute atomic E-state index is 11.9. The quantitative estimate of drug-likeness (QED) is 0.611. The molecule has 1 heterocycles. The molecule has 1 aromatic heterocycles. The first-order valence-electron chi connectivity index (χ1n) is 8.28. The summed E-state index contributed by atoms with van der Waals surface area (Å²) in [4.78, 5) is 16.2. The third kappa shape index (κ3) is 4.96. The van der Waals surface area contributed by atoms with E-state index in [0.29, 0.717) is 17.6 Å². The second kappa shape index (κ2) is 8.68. The highest BCUT2D eigenvalue weighted by molar-refractivity contribution is 7.99. The summed E-state index contributed by atoms with van der Waals surface area (Å²) in [6.45, 7) is 0.699. The Hall–Kier alpha value is -2.08. The molecule has 0 spiro atoms. The lowest BCUT2D eigenvalue weighted by atomic mass is 9.97. The normalized spacial score (nSPS) is 14.2. The number of thioether (sulfide) groups is 1. The topological polar surface area (TPSA) is 68.0 Å². The molecular formula is C18H21N3O2S. The molecule has 126 valence electrons. The molecular weight excluding hydrogens is 322 g/mol. The number of allylic oxidation sites excluding steroid dienone is 1. The van der Waals surface area contributed by atoms with Gasteiger partial charge in [-0.25, -0.2) is 0 Å². The van der Waals surface area contributed by atoms with Crippen molar-refractivity contribution in [3.05, 3.63) is 42.0 Å². The lowest BCUT2D eigenvalue weighted by Crippen LogP contribution is -2.26. The fourth-order valence-electron chi connectivity index (χ4n) is 2.65. The number of benzene rings is 1. The first kappa shape index (κ1) is 16.8. The Morgan fingerprint density at radius 2 is 2.12 bits per heavy atom. The monoisotopic (exact) mass is 343 g/mol. The number of amides is 1. The van der Waals surface area contributed by atoms with E-state index in [1.54, 1.807) is 0 Å². The number of hydrogen-bond acceptors (Lipinski definition) is 5. The fraction of sp³-hybridized carbons (Fsp3) is 0.389. The summed E-state index contributed by atoms with van der Waals surface area (Å²) >= 11 is 1.26. The first-order valence-corrected chi connectivity index (χ1v) is 9.26. The minimum atomic E-state index is -0.00382. The molecule has 1 aliphatic rings. The third-order valence-electron chi connectivity index (χ3n) is 3.92. The van der Waals surface area contributed by atoms with Crippen LogP contribution in [0.5, 0.6) is 0 Å². The van der Waals surface area contributed by atoms with Crippen molar-refractivity contribution < 1.29 is 9.32 Å². The van der Waals surface area contributed by atoms with Gasteiger partial charge in [0.05, 0.1) is 5.75 Å². The van der Waals surface area contributed by atoms with Crippen LogP contribution in [0.25, 0.3) is 11.4 Å². The largest absolute Gasteiger partial charge is 0.355 e. The van der Waals surface area contributed by atoms with Crippen molar-refractivity contribution >= 4 is 17.7 Å². The third-order valence-corrected chi connectivity index (χ3v) is 4.74. The van der Waals surface area contributed by atoms with Crippen LogP contribution in [0.1, 0.15) is 32.1 Å². The molecule has 1 aromatic carbocycles. The van der Waals surface area contributed by atoms with Crippen LogP contribution in [0.3, 0.4) is 0 Å². The molecule has 0 unspecified atom stereocenters. The van der Waals surface area contributed by atoms with E-state index < -0.39 is 0 Å². The second-order valence-electron chi connectivity index (χ2n) is 5.75. The highest BCUT2D eigenvalue weighted by Crippen LogP contribution is 2.21. The molecule has 0 bridgehead atoms. The molecule has 1 N–H and O–H groups in total. The van der Waals surface area contributed by atoms with Crippen molar-refractivity contribution in [1.29, 1.82) is 0 Å². The second-order valence-corrected chi connectivity index (χ2v) is 6.67. The van der Waals surface area contributed by atoms with Gasteiger partial charge in [0.15, 0.2) is 0 Å². The molecule has 0 radical (unpaired) electrons. The van der Waals surface area contributed by atoms with Gasteiger partial charge >= 0.3 is 0 Å². The van der Waals surface area contributed by atoms with Gasteiger partial charge in [0.1, 0.15) is 0 Å². The van der Waals surface area contributed by atoms with Crippen LogP contribution in [0, 0.1) is 0 Å². The Morgan fingerprint density at radius 1 is 1.25 bits per heavy atom. The van der Waals surface area contributed by atoms with Gasteiger partial charge in [-0.3, -0.25) is 4.79 Å². The van der Waals surface area contributed by atoms with Crippen LogP contribution in [0.2, 0.25) is 0 Å². The lowest BCUT2D eigenvalue weighted by Gasteiger charge is -2.12. The summed E-state index contributed by atoms with van der Waals surface area (Å²) in [6, 6.07) is 9.63. The van der Waals surface area contributed by atoms with Crippen molar-refractivity contribution in [2.24, 2.45) is 0 Å². The van der Waals surface area contributed by atoms with Gasteiger partial charge in [-0.1, -0.05) is 58.9 Å². The summed E-state index contributed by atoms with van der Waals surface area (Å²) in [5, 5.41) is 7.31. The van der Waals surface area contributed by atoms with Crippen LogP contribution >= 0.6 is 11.8 Å². The summed E-state index contributed by atoms with van der Waals surface area (Å²) in [7, 11) is 0. The SMILES string of the molecule is O=C(CSc1nc(-c2ccccc2)no1)NCCC1=CCCCC1. The van der Waals surface area contributed by atoms with Gasteiger partial charge in [-0.05, 0) is 32.1 Å². The molecule has 0 saturated carbocycles. The molecule has 1 aliphatic carbocycles. The first-order chi connectivity index (χ1) is 11.8. The van der Waals surface area contributed by atoms with Gasteiger partial charge in [0.25, 0.3) is 5.22 Å². The molecule has 5 nitrogen and oxygen atoms in total. The summed E-state index contributed by atoms with van der Waals surface area (Å²) in [5.74, 6) is 0.828. The lowest BCUT2D eigenvalue weighted by molar-refractivity contribution is -0.118. The van der Waals surface area contributed by atoms with E-state index in [4.69, 9.17) is 4.52 Å². The highest BCUT2D eigenvalue weighted by atomic mass is 32.2. The van der Waals surface area contributed by atoms with E-state index >= 15 is 0 Å². The van der Waals surface area contributed by atoms with E-state index in [0.717, 1.165) is 12.0 Å². The molecule has 0 aliphatic heterocycles. The smallest absolute Gasteiger partial charge is 0.286 e. The molecule has 1 amide bonds. The fourth-order valence-corrected chi connectivity index (χ4v) is 3.24. The Kier molecular flexibility index (Phi) is 6.07. The number of rotatable bonds is 7. The standard InChI is InChI=1S/C18H21N3O2S/c22-16(19-12-11-14-7-3-1-4-8-14)13-24-18-20-17(21-23-18)15-9-5-2-6-10-15/h2,5-7,9-10H,1,3-4,8,11-13H2,(H,19,22). The Balaban J connectivity index is 1.40. The molecule has 0 atom stereocenters. The van der Waals surface area contributed by atoms with E-state index in [-0.39, 0.29) is 11.7 Å². The Bertz CT molecular complexity index is 697. The minimum Gasteiger partial charge on any atom is -0.355 e. The maximum Gasteiger partial charge on any atom is 0.286 e. The Morgan fingerprint density at radius 3 is 2.92 bits per heavy atom. The Labute approximate surface area is 145 Å². The molecule has 0 saturated heterocycles. The van der Waals surface area contributed by atoms with Gasteiger partial charge in [-0.15, -0.1) is 0 Å². The van der Waals surface area contributed by atoms with Crippen LogP contribution in [-0.2, 0) is 4.79 Å². The van der Waals surface area contributed by atoms with Gasteiger partial charge in [-0.2, -0.15) is 4.98 Å². The van der Waals surface area contributed by atoms with Crippen LogP contribution < -0.4 is 5.32 Å². The van der Waals surface area contributed by atoms with Crippen LogP contribution in [-0.4, -0.2) is 28.3 Å². The summed E-state index contributed by atoms with van der Waals surface area (Å²) in [6.07, 6.45) is 8.19. The highest BCUT2D eigenvalue weighted by Gasteiger charge is 2.11. The van der Waals surface area contributed by atoms with Crippen LogP contribution in [0.15, 0.2) is 51.7 Å². The average molecular weight is 343 g/mol. The van der Waals surface area contributed by atoms with E-state index in [2.05, 4.69) is 21.5 Å². The zero-order chi connectivity index (χ0) is 16.6. The zero-order valence-electron chi connectivity index (χ0n) is 13.5. The van der Waals surface area contributed by atoms with Gasteiger partial charge in [0, 0.05) is 12.1 Å². The number of carbonyl (C=O) groups is 1. The number of aromatic nitrogens is 2. The number of carbonyl (C=O) groups excluding carboxylic acids is 1. The van der Waals surface area contributed by atoms with Crippen molar-refractivity contribution in [2.45, 2.75) is 37.3 Å². The van der Waals surface area contributed by atoms with E-state index in [1.165, 1.54) is 43.0 Å². The number of nitrogens with one attached hydrogen (secondary N) is 1. The van der Waals surface area contributed by atoms with Crippen LogP contribution in [0.4, 0.5) is 0 Å². The number of nitrogens with zero attached hydrogens (tertiary/aromatic N) is 2. The molecule has 3 rings (SSSR count). The van der Waals surface area contributed by atoms with E-state index in [1.807, 2.05) is 30.3 Å². The van der Waals surface area contributed by atoms with E-state index in [9.17, 15) is 4.79 Å². The zero-order valence-corrected chi connectivity index (χ0v) is 14.3. The molecule has 24 heavy (non-hydrogen) atoms. The summed E-state index contributed by atoms with van der Waals surface area (Å²) < 4.78 is 5.18. The van der Waals surface area contributed by atoms with Gasteiger partial charge in [0.2, 0.25) is 11.7 Å². The minimum absolute atomic E-state index is 0.00382. The predicted molar refractivity (Wildman–Crippen MR) is 94.6 cm³/mol. The van der Waals surface area contributed by atoms with Gasteiger partial charge < -0.3 is 9.84 Å².